The van der Waals surface area contributed by atoms with Crippen LogP contribution in [0.4, 0.5) is 5.82 Å². The smallest absolute Gasteiger partial charge is 0.203 e. The molecule has 1 saturated heterocycles. The second kappa shape index (κ2) is 6.68. The molecule has 2 rings (SSSR count). The molecule has 2 heterocycles. The van der Waals surface area contributed by atoms with Gasteiger partial charge in [0.2, 0.25) is 4.77 Å². The minimum atomic E-state index is -1.55. The van der Waals surface area contributed by atoms with Crippen LogP contribution in [0, 0.1) is 4.77 Å². The van der Waals surface area contributed by atoms with Gasteiger partial charge in [-0.3, -0.25) is 4.57 Å². The van der Waals surface area contributed by atoms with Crippen molar-refractivity contribution in [2.45, 2.75) is 30.9 Å². The molecule has 0 bridgehead atoms. The van der Waals surface area contributed by atoms with E-state index in [1.807, 2.05) is 0 Å². The van der Waals surface area contributed by atoms with Crippen molar-refractivity contribution in [2.24, 2.45) is 0 Å². The molecule has 0 amide bonds. The molecule has 4 atom stereocenters. The van der Waals surface area contributed by atoms with E-state index in [4.69, 9.17) is 35.6 Å². The molecule has 0 aromatic carbocycles. The first-order valence-electron chi connectivity index (χ1n) is 5.72. The standard InChI is InChI=1S/C9H12BN3O3S.CH3BO/c1-9(15)5(14)6(10)16-7(9)13-3-2-4(11)12-8(13)17;2-1-3/h2-3,5-7,14-15H,1H3,(H2,11,12,17);3H,1H2. The van der Waals surface area contributed by atoms with E-state index in [1.165, 1.54) is 23.8 Å². The Kier molecular flexibility index (Phi) is 5.72. The first-order chi connectivity index (χ1) is 9.25. The van der Waals surface area contributed by atoms with Gasteiger partial charge in [-0.1, -0.05) is 0 Å². The summed E-state index contributed by atoms with van der Waals surface area (Å²) in [6.45, 7) is 1.17. The Labute approximate surface area is 124 Å². The van der Waals surface area contributed by atoms with E-state index in [0.717, 1.165) is 0 Å². The number of aliphatic hydroxyl groups is 3. The fraction of sp³-hybridized carbons (Fsp3) is 0.600. The average molecular weight is 295 g/mol. The Bertz CT molecular complexity index is 514. The summed E-state index contributed by atoms with van der Waals surface area (Å²) in [6, 6.07) is 0.542. The van der Waals surface area contributed by atoms with E-state index >= 15 is 0 Å². The van der Waals surface area contributed by atoms with Gasteiger partial charge >= 0.3 is 0 Å². The monoisotopic (exact) mass is 295 g/mol. The highest BCUT2D eigenvalue weighted by Gasteiger charge is 2.50. The van der Waals surface area contributed by atoms with Gasteiger partial charge in [-0.2, -0.15) is 0 Å². The number of nitrogens with zero attached hydrogens (tertiary/aromatic N) is 2. The van der Waals surface area contributed by atoms with Gasteiger partial charge in [-0.05, 0) is 25.2 Å². The molecule has 7 nitrogen and oxygen atoms in total. The van der Waals surface area contributed by atoms with Crippen molar-refractivity contribution in [3.8, 4) is 0 Å². The van der Waals surface area contributed by atoms with Crippen LogP contribution in [0.15, 0.2) is 12.3 Å². The van der Waals surface area contributed by atoms with Crippen molar-refractivity contribution < 1.29 is 20.1 Å². The molecule has 4 radical (unpaired) electrons. The molecule has 0 aliphatic carbocycles. The highest BCUT2D eigenvalue weighted by atomic mass is 32.1. The molecule has 0 saturated carbocycles. The van der Waals surface area contributed by atoms with E-state index in [-0.39, 0.29) is 17.1 Å². The summed E-state index contributed by atoms with van der Waals surface area (Å²) in [6.07, 6.45) is -0.561. The third kappa shape index (κ3) is 3.39. The number of aromatic nitrogens is 2. The third-order valence-corrected chi connectivity index (χ3v) is 3.10. The minimum absolute atomic E-state index is 0.150. The van der Waals surface area contributed by atoms with Gasteiger partial charge in [0.05, 0.1) is 0 Å². The summed E-state index contributed by atoms with van der Waals surface area (Å²) in [7, 11) is 9.94. The summed E-state index contributed by atoms with van der Waals surface area (Å²) in [5, 5.41) is 27.2. The lowest BCUT2D eigenvalue weighted by atomic mass is 9.87. The van der Waals surface area contributed by atoms with Gasteiger partial charge in [-0.15, -0.1) is 0 Å². The molecule has 1 aliphatic rings. The largest absolute Gasteiger partial charge is 0.406 e. The second-order valence-electron chi connectivity index (χ2n) is 4.35. The molecule has 1 aromatic rings. The summed E-state index contributed by atoms with van der Waals surface area (Å²) in [4.78, 5) is 3.88. The van der Waals surface area contributed by atoms with Crippen molar-refractivity contribution in [3.63, 3.8) is 0 Å². The van der Waals surface area contributed by atoms with Gasteiger partial charge < -0.3 is 25.8 Å². The molecule has 20 heavy (non-hydrogen) atoms. The Hall–Kier alpha value is -0.930. The van der Waals surface area contributed by atoms with Crippen molar-refractivity contribution in [1.82, 2.24) is 9.55 Å². The van der Waals surface area contributed by atoms with E-state index in [2.05, 4.69) is 12.8 Å². The Balaban J connectivity index is 0.000000612. The topological polar surface area (TPSA) is 114 Å². The number of ether oxygens (including phenoxy) is 1. The Morgan fingerprint density at radius 3 is 2.60 bits per heavy atom. The van der Waals surface area contributed by atoms with Crippen LogP contribution in [0.2, 0.25) is 0 Å². The zero-order chi connectivity index (χ0) is 15.5. The minimum Gasteiger partial charge on any atom is -0.406 e. The van der Waals surface area contributed by atoms with Crippen LogP contribution in [0.3, 0.4) is 0 Å². The molecule has 106 valence electrons. The number of hydrogen-bond acceptors (Lipinski definition) is 7. The molecule has 0 spiro atoms. The van der Waals surface area contributed by atoms with Crippen LogP contribution >= 0.6 is 12.2 Å². The van der Waals surface area contributed by atoms with Crippen LogP contribution in [-0.2, 0) is 4.74 Å². The number of hydrogen-bond donors (Lipinski definition) is 4. The van der Waals surface area contributed by atoms with Crippen molar-refractivity contribution in [3.05, 3.63) is 17.0 Å². The number of rotatable bonds is 1. The molecule has 1 aliphatic heterocycles. The van der Waals surface area contributed by atoms with Gasteiger partial charge in [-0.25, -0.2) is 4.98 Å². The first-order valence-corrected chi connectivity index (χ1v) is 6.13. The fourth-order valence-corrected chi connectivity index (χ4v) is 2.05. The Morgan fingerprint density at radius 1 is 1.65 bits per heavy atom. The number of anilines is 1. The molecule has 4 unspecified atom stereocenters. The molecule has 1 fully saturated rings. The summed E-state index contributed by atoms with van der Waals surface area (Å²) in [5.41, 5.74) is 3.93. The van der Waals surface area contributed by atoms with Crippen LogP contribution in [0.25, 0.3) is 0 Å². The maximum Gasteiger partial charge on any atom is 0.203 e. The lowest BCUT2D eigenvalue weighted by molar-refractivity contribution is -0.0953. The van der Waals surface area contributed by atoms with Gasteiger partial charge in [0, 0.05) is 18.7 Å². The van der Waals surface area contributed by atoms with Crippen LogP contribution in [0.5, 0.6) is 0 Å². The highest BCUT2D eigenvalue weighted by Crippen LogP contribution is 2.37. The first kappa shape index (κ1) is 17.1. The normalized spacial score (nSPS) is 32.5. The van der Waals surface area contributed by atoms with E-state index in [1.54, 1.807) is 0 Å². The number of nitrogens with two attached hydrogens (primary N) is 1. The summed E-state index contributed by atoms with van der Waals surface area (Å²) in [5.74, 6) is 0.272. The van der Waals surface area contributed by atoms with Crippen LogP contribution < -0.4 is 5.73 Å². The molecule has 1 aromatic heterocycles. The average Bonchev–Trinajstić information content (AvgIpc) is 2.54. The molecule has 5 N–H and O–H groups in total. The SMILES string of the molecule is [B]C1OC(n2ccc(N)nc2=S)C(C)(O)C1O.[B]CO. The molecular formula is C10H15B2N3O4S. The lowest BCUT2D eigenvalue weighted by Crippen LogP contribution is -2.43. The lowest BCUT2D eigenvalue weighted by Gasteiger charge is -2.28. The molecular weight excluding hydrogens is 280 g/mol. The number of aliphatic hydroxyl groups excluding tert-OH is 2. The van der Waals surface area contributed by atoms with E-state index in [0.29, 0.717) is 0 Å². The van der Waals surface area contributed by atoms with Crippen molar-refractivity contribution in [1.29, 1.82) is 0 Å². The van der Waals surface area contributed by atoms with Crippen LogP contribution in [0.1, 0.15) is 13.2 Å². The third-order valence-electron chi connectivity index (χ3n) is 2.80. The van der Waals surface area contributed by atoms with E-state index < -0.39 is 23.9 Å². The molecule has 10 heteroatoms. The van der Waals surface area contributed by atoms with Gasteiger partial charge in [0.15, 0.2) is 6.23 Å². The van der Waals surface area contributed by atoms with Gasteiger partial charge in [0.25, 0.3) is 0 Å². The van der Waals surface area contributed by atoms with Crippen molar-refractivity contribution in [2.75, 3.05) is 12.2 Å². The van der Waals surface area contributed by atoms with E-state index in [9.17, 15) is 10.2 Å². The zero-order valence-corrected chi connectivity index (χ0v) is 11.7. The van der Waals surface area contributed by atoms with Gasteiger partial charge in [0.1, 0.15) is 33.2 Å². The quantitative estimate of drug-likeness (QED) is 0.366. The van der Waals surface area contributed by atoms with Crippen molar-refractivity contribution >= 4 is 33.7 Å². The fourth-order valence-electron chi connectivity index (χ4n) is 1.79. The second-order valence-corrected chi connectivity index (χ2v) is 4.71. The maximum absolute atomic E-state index is 10.2. The number of nitrogen functional groups attached to an aromatic ring is 1. The summed E-state index contributed by atoms with van der Waals surface area (Å²) >= 11 is 5.01. The predicted octanol–water partition coefficient (Wildman–Crippen LogP) is -1.57. The maximum atomic E-state index is 10.2. The predicted molar refractivity (Wildman–Crippen MR) is 76.6 cm³/mol. The zero-order valence-electron chi connectivity index (χ0n) is 10.9. The van der Waals surface area contributed by atoms with Crippen LogP contribution in [-0.4, -0.2) is 64.8 Å². The Morgan fingerprint density at radius 2 is 2.20 bits per heavy atom. The summed E-state index contributed by atoms with van der Waals surface area (Å²) < 4.78 is 6.84. The highest BCUT2D eigenvalue weighted by molar-refractivity contribution is 7.71.